The Hall–Kier alpha value is -2.08. The topological polar surface area (TPSA) is 100 Å². The Kier molecular flexibility index (Phi) is 8.30. The van der Waals surface area contributed by atoms with Gasteiger partial charge in [-0.3, -0.25) is 0 Å². The highest BCUT2D eigenvalue weighted by Gasteiger charge is 2.28. The fourth-order valence-corrected chi connectivity index (χ4v) is 3.93. The Morgan fingerprint density at radius 1 is 1.14 bits per heavy atom. The van der Waals surface area contributed by atoms with E-state index in [4.69, 9.17) is 4.74 Å². The van der Waals surface area contributed by atoms with E-state index < -0.39 is 5.60 Å². The average molecular weight is 395 g/mol. The summed E-state index contributed by atoms with van der Waals surface area (Å²) in [5.41, 5.74) is -0.496. The molecule has 1 saturated heterocycles. The number of nitrogens with zero attached hydrogens (tertiary/aromatic N) is 2. The minimum absolute atomic E-state index is 0.0692. The zero-order valence-corrected chi connectivity index (χ0v) is 17.3. The van der Waals surface area contributed by atoms with Crippen molar-refractivity contribution in [3.05, 3.63) is 0 Å². The van der Waals surface area contributed by atoms with Crippen molar-refractivity contribution >= 4 is 18.2 Å². The lowest BCUT2D eigenvalue weighted by atomic mass is 9.81. The van der Waals surface area contributed by atoms with Gasteiger partial charge in [0.2, 0.25) is 6.08 Å². The van der Waals surface area contributed by atoms with Gasteiger partial charge in [-0.2, -0.15) is 0 Å². The summed E-state index contributed by atoms with van der Waals surface area (Å²) in [6, 6.07) is -0.0801. The normalized spacial score (nSPS) is 23.5. The molecule has 158 valence electrons. The van der Waals surface area contributed by atoms with Gasteiger partial charge in [0, 0.05) is 25.7 Å². The maximum Gasteiger partial charge on any atom is 0.410 e. The van der Waals surface area contributed by atoms with E-state index in [0.29, 0.717) is 38.0 Å². The molecule has 2 N–H and O–H groups in total. The standard InChI is InChI=1S/C20H34N4O4/c1-20(2,3)28-19(27)24-9-7-17(8-10-24)23-18(26)22-13-16-6-4-5-15(11-16)12-21-14-25/h15-17H,4-13H2,1-3H3,(H2,22,23,26). The molecule has 1 heterocycles. The fourth-order valence-electron chi connectivity index (χ4n) is 3.93. The number of carbonyl (C=O) groups excluding carboxylic acids is 3. The molecule has 0 radical (unpaired) electrons. The maximum atomic E-state index is 12.2. The average Bonchev–Trinajstić information content (AvgIpc) is 2.64. The number of aliphatic imine (C=N–C) groups is 1. The van der Waals surface area contributed by atoms with E-state index in [9.17, 15) is 14.4 Å². The van der Waals surface area contributed by atoms with Crippen LogP contribution in [0.1, 0.15) is 59.3 Å². The molecule has 3 amide bonds. The number of ether oxygens (including phenoxy) is 1. The number of likely N-dealkylation sites (tertiary alicyclic amines) is 1. The summed E-state index contributed by atoms with van der Waals surface area (Å²) in [6.07, 6.45) is 7.04. The summed E-state index contributed by atoms with van der Waals surface area (Å²) in [7, 11) is 0. The van der Waals surface area contributed by atoms with Crippen molar-refractivity contribution in [3.63, 3.8) is 0 Å². The quantitative estimate of drug-likeness (QED) is 0.553. The molecule has 8 nitrogen and oxygen atoms in total. The summed E-state index contributed by atoms with van der Waals surface area (Å²) in [5.74, 6) is 0.850. The van der Waals surface area contributed by atoms with Crippen LogP contribution >= 0.6 is 0 Å². The van der Waals surface area contributed by atoms with E-state index in [-0.39, 0.29) is 18.2 Å². The molecule has 0 aromatic rings. The molecule has 0 aromatic carbocycles. The number of piperidine rings is 1. The lowest BCUT2D eigenvalue weighted by molar-refractivity contribution is 0.0201. The molecule has 2 fully saturated rings. The van der Waals surface area contributed by atoms with E-state index in [1.54, 1.807) is 11.0 Å². The highest BCUT2D eigenvalue weighted by molar-refractivity contribution is 5.74. The molecule has 1 saturated carbocycles. The van der Waals surface area contributed by atoms with Crippen molar-refractivity contribution in [1.29, 1.82) is 0 Å². The van der Waals surface area contributed by atoms with Gasteiger partial charge in [-0.1, -0.05) is 6.42 Å². The SMILES string of the molecule is CC(C)(C)OC(=O)N1CCC(NC(=O)NCC2CCCC(CN=C=O)C2)CC1. The van der Waals surface area contributed by atoms with Crippen LogP contribution in [0, 0.1) is 11.8 Å². The van der Waals surface area contributed by atoms with Gasteiger partial charge in [-0.15, -0.1) is 0 Å². The Balaban J connectivity index is 1.65. The van der Waals surface area contributed by atoms with Gasteiger partial charge in [-0.25, -0.2) is 19.4 Å². The molecule has 2 atom stereocenters. The molecule has 1 aliphatic heterocycles. The predicted octanol–water partition coefficient (Wildman–Crippen LogP) is 2.83. The van der Waals surface area contributed by atoms with Crippen LogP contribution in [0.15, 0.2) is 4.99 Å². The van der Waals surface area contributed by atoms with Gasteiger partial charge in [0.25, 0.3) is 0 Å². The van der Waals surface area contributed by atoms with Gasteiger partial charge >= 0.3 is 12.1 Å². The third kappa shape index (κ3) is 7.89. The summed E-state index contributed by atoms with van der Waals surface area (Å²) < 4.78 is 5.39. The van der Waals surface area contributed by atoms with E-state index in [1.807, 2.05) is 20.8 Å². The molecular weight excluding hydrogens is 360 g/mol. The molecule has 0 aromatic heterocycles. The molecule has 0 spiro atoms. The lowest BCUT2D eigenvalue weighted by Gasteiger charge is -2.34. The molecule has 1 aliphatic carbocycles. The monoisotopic (exact) mass is 394 g/mol. The fraction of sp³-hybridized carbons (Fsp3) is 0.850. The minimum Gasteiger partial charge on any atom is -0.444 e. The van der Waals surface area contributed by atoms with E-state index in [2.05, 4.69) is 15.6 Å². The first kappa shape index (κ1) is 22.2. The van der Waals surface area contributed by atoms with Crippen LogP contribution < -0.4 is 10.6 Å². The van der Waals surface area contributed by atoms with Crippen LogP contribution in [-0.2, 0) is 9.53 Å². The highest BCUT2D eigenvalue weighted by Crippen LogP contribution is 2.28. The number of hydrogen-bond acceptors (Lipinski definition) is 5. The lowest BCUT2D eigenvalue weighted by Crippen LogP contribution is -2.50. The predicted molar refractivity (Wildman–Crippen MR) is 106 cm³/mol. The van der Waals surface area contributed by atoms with Crippen molar-refractivity contribution in [2.45, 2.75) is 70.9 Å². The largest absolute Gasteiger partial charge is 0.444 e. The van der Waals surface area contributed by atoms with Crippen LogP contribution in [0.5, 0.6) is 0 Å². The number of isocyanates is 1. The third-order valence-corrected chi connectivity index (χ3v) is 5.34. The number of rotatable bonds is 5. The first-order valence-electron chi connectivity index (χ1n) is 10.3. The van der Waals surface area contributed by atoms with Gasteiger partial charge < -0.3 is 20.3 Å². The molecular formula is C20H34N4O4. The summed E-state index contributed by atoms with van der Waals surface area (Å²) in [4.78, 5) is 40.0. The summed E-state index contributed by atoms with van der Waals surface area (Å²) in [6.45, 7) is 7.92. The molecule has 8 heteroatoms. The van der Waals surface area contributed by atoms with Gasteiger partial charge in [-0.05, 0) is 64.7 Å². The van der Waals surface area contributed by atoms with Crippen LogP contribution in [0.4, 0.5) is 9.59 Å². The number of urea groups is 1. The number of nitrogens with one attached hydrogen (secondary N) is 2. The Labute approximate surface area is 167 Å². The Morgan fingerprint density at radius 2 is 1.82 bits per heavy atom. The van der Waals surface area contributed by atoms with E-state index in [0.717, 1.165) is 38.5 Å². The van der Waals surface area contributed by atoms with Gasteiger partial charge in [0.1, 0.15) is 5.60 Å². The Bertz CT molecular complexity index is 575. The molecule has 2 aliphatic rings. The van der Waals surface area contributed by atoms with E-state index >= 15 is 0 Å². The highest BCUT2D eigenvalue weighted by atomic mass is 16.6. The first-order valence-corrected chi connectivity index (χ1v) is 10.3. The second kappa shape index (κ2) is 10.5. The van der Waals surface area contributed by atoms with Crippen molar-refractivity contribution < 1.29 is 19.1 Å². The van der Waals surface area contributed by atoms with Gasteiger partial charge in [0.05, 0.1) is 6.54 Å². The smallest absolute Gasteiger partial charge is 0.410 e. The van der Waals surface area contributed by atoms with Crippen molar-refractivity contribution in [2.24, 2.45) is 16.8 Å². The zero-order chi connectivity index (χ0) is 20.6. The summed E-state index contributed by atoms with van der Waals surface area (Å²) in [5, 5.41) is 5.99. The van der Waals surface area contributed by atoms with Crippen LogP contribution in [0.25, 0.3) is 0 Å². The second-order valence-corrected chi connectivity index (χ2v) is 8.93. The maximum absolute atomic E-state index is 12.2. The second-order valence-electron chi connectivity index (χ2n) is 8.93. The third-order valence-electron chi connectivity index (χ3n) is 5.34. The van der Waals surface area contributed by atoms with Crippen molar-refractivity contribution in [1.82, 2.24) is 15.5 Å². The zero-order valence-electron chi connectivity index (χ0n) is 17.3. The van der Waals surface area contributed by atoms with Crippen LogP contribution in [0.3, 0.4) is 0 Å². The molecule has 28 heavy (non-hydrogen) atoms. The number of hydrogen-bond donors (Lipinski definition) is 2. The number of amides is 3. The summed E-state index contributed by atoms with van der Waals surface area (Å²) >= 11 is 0. The van der Waals surface area contributed by atoms with Crippen molar-refractivity contribution in [3.8, 4) is 0 Å². The van der Waals surface area contributed by atoms with Crippen LogP contribution in [0.2, 0.25) is 0 Å². The molecule has 2 rings (SSSR count). The minimum atomic E-state index is -0.496. The van der Waals surface area contributed by atoms with Gasteiger partial charge in [0.15, 0.2) is 0 Å². The first-order chi connectivity index (χ1) is 13.3. The number of carbonyl (C=O) groups is 2. The van der Waals surface area contributed by atoms with E-state index in [1.165, 1.54) is 0 Å². The Morgan fingerprint density at radius 3 is 2.46 bits per heavy atom. The molecule has 2 unspecified atom stereocenters. The van der Waals surface area contributed by atoms with Crippen LogP contribution in [-0.4, -0.2) is 60.9 Å². The molecule has 0 bridgehead atoms. The van der Waals surface area contributed by atoms with Crippen molar-refractivity contribution in [2.75, 3.05) is 26.2 Å².